The maximum absolute atomic E-state index is 12.0. The van der Waals surface area contributed by atoms with E-state index in [9.17, 15) is 9.59 Å². The minimum absolute atomic E-state index is 0.000407. The minimum atomic E-state index is -1.15. The fourth-order valence-electron chi connectivity index (χ4n) is 1.76. The van der Waals surface area contributed by atoms with Crippen LogP contribution in [0.25, 0.3) is 10.6 Å². The molecule has 0 saturated carbocycles. The minimum Gasteiger partial charge on any atom is -0.480 e. The molecule has 122 valence electrons. The predicted molar refractivity (Wildman–Crippen MR) is 84.1 cm³/mol. The zero-order valence-electron chi connectivity index (χ0n) is 12.2. The number of aromatic nitrogens is 1. The van der Waals surface area contributed by atoms with Crippen molar-refractivity contribution in [3.63, 3.8) is 0 Å². The van der Waals surface area contributed by atoms with Gasteiger partial charge in [-0.15, -0.1) is 17.9 Å². The van der Waals surface area contributed by atoms with Crippen molar-refractivity contribution in [2.24, 2.45) is 0 Å². The summed E-state index contributed by atoms with van der Waals surface area (Å²) < 4.78 is 10.1. The third-order valence-corrected chi connectivity index (χ3v) is 3.76. The normalized spacial score (nSPS) is 11.8. The van der Waals surface area contributed by atoms with Crippen molar-refractivity contribution in [2.75, 3.05) is 13.2 Å². The first-order valence-electron chi connectivity index (χ1n) is 6.78. The summed E-state index contributed by atoms with van der Waals surface area (Å²) in [6.45, 7) is 3.57. The summed E-state index contributed by atoms with van der Waals surface area (Å²) in [6.07, 6.45) is 4.62. The number of nitrogens with zero attached hydrogens (tertiary/aromatic N) is 1. The Morgan fingerprint density at radius 3 is 3.04 bits per heavy atom. The predicted octanol–water partition coefficient (Wildman–Crippen LogP) is 1.72. The van der Waals surface area contributed by atoms with E-state index in [1.165, 1.54) is 17.4 Å². The number of ether oxygens (including phenoxy) is 1. The Hall–Kier alpha value is -2.45. The Kier molecular flexibility index (Phi) is 6.07. The SMILES string of the molecule is C=CCOCC(NC(=O)Cc1csc(-c2ccoc2)n1)C(=O)O. The van der Waals surface area contributed by atoms with E-state index in [0.717, 1.165) is 10.6 Å². The first-order valence-corrected chi connectivity index (χ1v) is 7.66. The number of carboxylic acid groups (broad SMARTS) is 1. The highest BCUT2D eigenvalue weighted by molar-refractivity contribution is 7.13. The van der Waals surface area contributed by atoms with Crippen LogP contribution >= 0.6 is 11.3 Å². The van der Waals surface area contributed by atoms with Gasteiger partial charge in [-0.3, -0.25) is 4.79 Å². The fraction of sp³-hybridized carbons (Fsp3) is 0.267. The largest absolute Gasteiger partial charge is 0.480 e. The van der Waals surface area contributed by atoms with E-state index >= 15 is 0 Å². The Balaban J connectivity index is 1.90. The highest BCUT2D eigenvalue weighted by atomic mass is 32.1. The van der Waals surface area contributed by atoms with E-state index in [0.29, 0.717) is 5.69 Å². The summed E-state index contributed by atoms with van der Waals surface area (Å²) in [5.74, 6) is -1.58. The number of hydrogen-bond acceptors (Lipinski definition) is 6. The van der Waals surface area contributed by atoms with Crippen molar-refractivity contribution in [3.8, 4) is 10.6 Å². The summed E-state index contributed by atoms with van der Waals surface area (Å²) in [5.41, 5.74) is 1.41. The molecule has 0 bridgehead atoms. The summed E-state index contributed by atoms with van der Waals surface area (Å²) in [5, 5.41) is 14.0. The first kappa shape index (κ1) is 16.9. The number of hydrogen-bond donors (Lipinski definition) is 2. The van der Waals surface area contributed by atoms with Gasteiger partial charge in [0.1, 0.15) is 11.3 Å². The lowest BCUT2D eigenvalue weighted by atomic mass is 10.2. The fourth-order valence-corrected chi connectivity index (χ4v) is 2.57. The van der Waals surface area contributed by atoms with Gasteiger partial charge in [0.15, 0.2) is 6.04 Å². The Morgan fingerprint density at radius 1 is 1.57 bits per heavy atom. The second kappa shape index (κ2) is 8.25. The van der Waals surface area contributed by atoms with Crippen LogP contribution < -0.4 is 5.32 Å². The van der Waals surface area contributed by atoms with Gasteiger partial charge in [0.05, 0.1) is 31.6 Å². The summed E-state index contributed by atoms with van der Waals surface area (Å²) >= 11 is 1.39. The maximum atomic E-state index is 12.0. The number of rotatable bonds is 9. The molecule has 0 aliphatic heterocycles. The van der Waals surface area contributed by atoms with Crippen molar-refractivity contribution < 1.29 is 23.8 Å². The zero-order chi connectivity index (χ0) is 16.7. The van der Waals surface area contributed by atoms with Crippen molar-refractivity contribution in [1.82, 2.24) is 10.3 Å². The number of aliphatic carboxylic acids is 1. The molecule has 2 N–H and O–H groups in total. The van der Waals surface area contributed by atoms with Crippen LogP contribution in [0.3, 0.4) is 0 Å². The van der Waals surface area contributed by atoms with E-state index < -0.39 is 17.9 Å². The van der Waals surface area contributed by atoms with Crippen LogP contribution in [0.5, 0.6) is 0 Å². The molecule has 8 heteroatoms. The van der Waals surface area contributed by atoms with Crippen molar-refractivity contribution in [3.05, 3.63) is 42.3 Å². The number of carboxylic acids is 1. The van der Waals surface area contributed by atoms with Gasteiger partial charge in [-0.25, -0.2) is 9.78 Å². The number of furan rings is 1. The molecule has 2 aromatic rings. The van der Waals surface area contributed by atoms with Crippen LogP contribution in [0.15, 0.2) is 41.0 Å². The van der Waals surface area contributed by atoms with Crippen LogP contribution in [-0.2, 0) is 20.7 Å². The summed E-state index contributed by atoms with van der Waals surface area (Å²) in [7, 11) is 0. The zero-order valence-corrected chi connectivity index (χ0v) is 13.0. The third kappa shape index (κ3) is 5.04. The van der Waals surface area contributed by atoms with Crippen molar-refractivity contribution in [1.29, 1.82) is 0 Å². The van der Waals surface area contributed by atoms with Gasteiger partial charge in [0.25, 0.3) is 0 Å². The molecule has 0 aliphatic rings. The van der Waals surface area contributed by atoms with Crippen LogP contribution in [0.1, 0.15) is 5.69 Å². The molecule has 2 aromatic heterocycles. The number of thiazole rings is 1. The molecule has 2 rings (SSSR count). The van der Waals surface area contributed by atoms with E-state index in [1.807, 2.05) is 0 Å². The van der Waals surface area contributed by atoms with E-state index in [4.69, 9.17) is 14.3 Å². The van der Waals surface area contributed by atoms with Gasteiger partial charge < -0.3 is 19.6 Å². The van der Waals surface area contributed by atoms with Crippen LogP contribution in [0, 0.1) is 0 Å². The molecule has 0 fully saturated rings. The molecular formula is C15H16N2O5S. The lowest BCUT2D eigenvalue weighted by molar-refractivity contribution is -0.143. The van der Waals surface area contributed by atoms with Crippen LogP contribution in [0.4, 0.5) is 0 Å². The van der Waals surface area contributed by atoms with Gasteiger partial charge in [-0.2, -0.15) is 0 Å². The molecule has 0 aliphatic carbocycles. The van der Waals surface area contributed by atoms with E-state index in [2.05, 4.69) is 16.9 Å². The highest BCUT2D eigenvalue weighted by Gasteiger charge is 2.20. The molecule has 0 spiro atoms. The van der Waals surface area contributed by atoms with Crippen LogP contribution in [-0.4, -0.2) is 41.2 Å². The lowest BCUT2D eigenvalue weighted by Crippen LogP contribution is -2.44. The second-order valence-corrected chi connectivity index (χ2v) is 5.48. The van der Waals surface area contributed by atoms with Crippen molar-refractivity contribution >= 4 is 23.2 Å². The molecule has 2 heterocycles. The Labute approximate surface area is 136 Å². The average Bonchev–Trinajstić information content (AvgIpc) is 3.17. The van der Waals surface area contributed by atoms with Crippen LogP contribution in [0.2, 0.25) is 0 Å². The summed E-state index contributed by atoms with van der Waals surface area (Å²) in [4.78, 5) is 27.4. The lowest BCUT2D eigenvalue weighted by Gasteiger charge is -2.13. The van der Waals surface area contributed by atoms with Gasteiger partial charge in [-0.05, 0) is 6.07 Å². The summed E-state index contributed by atoms with van der Waals surface area (Å²) in [6, 6.07) is 0.675. The molecule has 1 amide bonds. The molecule has 7 nitrogen and oxygen atoms in total. The Bertz CT molecular complexity index is 665. The van der Waals surface area contributed by atoms with Gasteiger partial charge in [0, 0.05) is 10.9 Å². The van der Waals surface area contributed by atoms with Gasteiger partial charge >= 0.3 is 5.97 Å². The maximum Gasteiger partial charge on any atom is 0.328 e. The van der Waals surface area contributed by atoms with Crippen molar-refractivity contribution in [2.45, 2.75) is 12.5 Å². The molecule has 23 heavy (non-hydrogen) atoms. The smallest absolute Gasteiger partial charge is 0.328 e. The van der Waals surface area contributed by atoms with Gasteiger partial charge in [-0.1, -0.05) is 6.08 Å². The molecule has 1 unspecified atom stereocenters. The monoisotopic (exact) mass is 336 g/mol. The molecule has 0 saturated heterocycles. The standard InChI is InChI=1S/C15H16N2O5S/c1-2-4-21-8-12(15(19)20)17-13(18)6-11-9-23-14(16-11)10-3-5-22-7-10/h2-3,5,7,9,12H,1,4,6,8H2,(H,17,18)(H,19,20). The molecular weight excluding hydrogens is 320 g/mol. The second-order valence-electron chi connectivity index (χ2n) is 4.62. The third-order valence-electron chi connectivity index (χ3n) is 2.82. The van der Waals surface area contributed by atoms with Gasteiger partial charge in [0.2, 0.25) is 5.91 Å². The van der Waals surface area contributed by atoms with E-state index in [1.54, 1.807) is 24.0 Å². The molecule has 1 atom stereocenters. The molecule has 0 radical (unpaired) electrons. The highest BCUT2D eigenvalue weighted by Crippen LogP contribution is 2.24. The Morgan fingerprint density at radius 2 is 2.39 bits per heavy atom. The number of carbonyl (C=O) groups excluding carboxylic acids is 1. The topological polar surface area (TPSA) is 102 Å². The van der Waals surface area contributed by atoms with E-state index in [-0.39, 0.29) is 19.6 Å². The quantitative estimate of drug-likeness (QED) is 0.534. The first-order chi connectivity index (χ1) is 11.1. The number of nitrogens with one attached hydrogen (secondary N) is 1. The number of carbonyl (C=O) groups is 2. The number of amides is 1. The average molecular weight is 336 g/mol. The molecule has 0 aromatic carbocycles.